The Morgan fingerprint density at radius 2 is 1.62 bits per heavy atom. The molecule has 1 saturated heterocycles. The van der Waals surface area contributed by atoms with Gasteiger partial charge in [-0.15, -0.1) is 0 Å². The first kappa shape index (κ1) is 21.4. The van der Waals surface area contributed by atoms with Crippen molar-refractivity contribution in [2.45, 2.75) is 11.8 Å². The quantitative estimate of drug-likeness (QED) is 0.704. The van der Waals surface area contributed by atoms with Gasteiger partial charge in [-0.3, -0.25) is 14.5 Å². The zero-order chi connectivity index (χ0) is 21.0. The lowest BCUT2D eigenvalue weighted by Crippen LogP contribution is -2.50. The van der Waals surface area contributed by atoms with E-state index < -0.39 is 10.0 Å². The summed E-state index contributed by atoms with van der Waals surface area (Å²) in [5, 5.41) is 3.24. The number of halogens is 1. The predicted octanol–water partition coefficient (Wildman–Crippen LogP) is 2.49. The Labute approximate surface area is 175 Å². The molecule has 9 heteroatoms. The Morgan fingerprint density at radius 1 is 1.00 bits per heavy atom. The van der Waals surface area contributed by atoms with Crippen molar-refractivity contribution in [3.05, 3.63) is 59.1 Å². The number of Topliss-reactive ketones (excluding diaryl/α,β-unsaturated/α-hetero) is 1. The van der Waals surface area contributed by atoms with Gasteiger partial charge in [0.25, 0.3) is 0 Å². The molecule has 29 heavy (non-hydrogen) atoms. The molecule has 1 aliphatic rings. The number of benzene rings is 2. The summed E-state index contributed by atoms with van der Waals surface area (Å²) in [6.45, 7) is 3.04. The fourth-order valence-corrected chi connectivity index (χ4v) is 4.72. The maximum absolute atomic E-state index is 12.7. The van der Waals surface area contributed by atoms with Crippen molar-refractivity contribution < 1.29 is 18.0 Å². The molecular weight excluding hydrogens is 414 g/mol. The monoisotopic (exact) mass is 435 g/mol. The van der Waals surface area contributed by atoms with Gasteiger partial charge in [0.15, 0.2) is 5.78 Å². The van der Waals surface area contributed by atoms with Crippen LogP contribution >= 0.6 is 11.6 Å². The molecule has 1 N–H and O–H groups in total. The van der Waals surface area contributed by atoms with Crippen LogP contribution in [0.3, 0.4) is 0 Å². The molecule has 0 spiro atoms. The fraction of sp³-hybridized carbons (Fsp3) is 0.300. The Bertz CT molecular complexity index is 1000. The van der Waals surface area contributed by atoms with E-state index in [2.05, 4.69) is 5.32 Å². The van der Waals surface area contributed by atoms with E-state index in [1.54, 1.807) is 36.4 Å². The minimum atomic E-state index is -3.58. The molecule has 0 atom stereocenters. The third kappa shape index (κ3) is 5.22. The molecule has 0 saturated carbocycles. The van der Waals surface area contributed by atoms with Crippen LogP contribution < -0.4 is 5.32 Å². The Kier molecular flexibility index (Phi) is 6.69. The van der Waals surface area contributed by atoms with E-state index in [0.717, 1.165) is 0 Å². The van der Waals surface area contributed by atoms with E-state index in [4.69, 9.17) is 11.6 Å². The molecule has 2 aromatic carbocycles. The number of hydrogen-bond acceptors (Lipinski definition) is 5. The summed E-state index contributed by atoms with van der Waals surface area (Å²) in [5.41, 5.74) is 0.939. The van der Waals surface area contributed by atoms with Crippen LogP contribution in [-0.2, 0) is 14.8 Å². The number of carbonyl (C=O) groups is 2. The minimum absolute atomic E-state index is 0.123. The number of rotatable bonds is 6. The molecule has 1 aliphatic heterocycles. The van der Waals surface area contributed by atoms with Crippen molar-refractivity contribution in [1.29, 1.82) is 0 Å². The molecule has 0 radical (unpaired) electrons. The van der Waals surface area contributed by atoms with E-state index in [0.29, 0.717) is 42.5 Å². The average molecular weight is 436 g/mol. The lowest BCUT2D eigenvalue weighted by Gasteiger charge is -2.33. The standard InChI is InChI=1S/C20H22ClN3O4S/c1-15(25)18-4-2-3-5-19(18)22-20(26)14-23-10-12-24(13-11-23)29(27,28)17-8-6-16(21)7-9-17/h2-9H,10-14H2,1H3,(H,22,26). The van der Waals surface area contributed by atoms with E-state index in [9.17, 15) is 18.0 Å². The van der Waals surface area contributed by atoms with E-state index in [1.807, 2.05) is 4.90 Å². The van der Waals surface area contributed by atoms with Gasteiger partial charge in [-0.25, -0.2) is 8.42 Å². The SMILES string of the molecule is CC(=O)c1ccccc1NC(=O)CN1CCN(S(=O)(=O)c2ccc(Cl)cc2)CC1. The molecule has 1 heterocycles. The Hall–Kier alpha value is -2.26. The zero-order valence-corrected chi connectivity index (χ0v) is 17.5. The van der Waals surface area contributed by atoms with Gasteiger partial charge in [-0.05, 0) is 43.3 Å². The highest BCUT2D eigenvalue weighted by Gasteiger charge is 2.29. The van der Waals surface area contributed by atoms with Crippen LogP contribution in [0, 0.1) is 0 Å². The molecule has 3 rings (SSSR count). The predicted molar refractivity (Wildman–Crippen MR) is 112 cm³/mol. The molecule has 154 valence electrons. The third-order valence-electron chi connectivity index (χ3n) is 4.73. The Morgan fingerprint density at radius 3 is 2.24 bits per heavy atom. The van der Waals surface area contributed by atoms with Crippen LogP contribution in [0.2, 0.25) is 5.02 Å². The first-order valence-electron chi connectivity index (χ1n) is 9.15. The van der Waals surface area contributed by atoms with Gasteiger partial charge in [0.2, 0.25) is 15.9 Å². The highest BCUT2D eigenvalue weighted by atomic mass is 35.5. The third-order valence-corrected chi connectivity index (χ3v) is 6.90. The van der Waals surface area contributed by atoms with Crippen molar-refractivity contribution in [2.24, 2.45) is 0 Å². The van der Waals surface area contributed by atoms with Gasteiger partial charge in [0.1, 0.15) is 0 Å². The highest BCUT2D eigenvalue weighted by Crippen LogP contribution is 2.20. The molecule has 0 bridgehead atoms. The highest BCUT2D eigenvalue weighted by molar-refractivity contribution is 7.89. The van der Waals surface area contributed by atoms with Gasteiger partial charge in [-0.2, -0.15) is 4.31 Å². The van der Waals surface area contributed by atoms with Gasteiger partial charge in [0, 0.05) is 36.8 Å². The van der Waals surface area contributed by atoms with Crippen LogP contribution in [0.1, 0.15) is 17.3 Å². The number of ketones is 1. The molecule has 7 nitrogen and oxygen atoms in total. The van der Waals surface area contributed by atoms with E-state index >= 15 is 0 Å². The van der Waals surface area contributed by atoms with Gasteiger partial charge in [0.05, 0.1) is 17.1 Å². The number of nitrogens with one attached hydrogen (secondary N) is 1. The van der Waals surface area contributed by atoms with Crippen LogP contribution in [-0.4, -0.2) is 62.0 Å². The largest absolute Gasteiger partial charge is 0.324 e. The average Bonchev–Trinajstić information content (AvgIpc) is 2.69. The van der Waals surface area contributed by atoms with E-state index in [-0.39, 0.29) is 23.1 Å². The fourth-order valence-electron chi connectivity index (χ4n) is 3.18. The van der Waals surface area contributed by atoms with Crippen molar-refractivity contribution in [3.8, 4) is 0 Å². The number of anilines is 1. The number of nitrogens with zero attached hydrogens (tertiary/aromatic N) is 2. The second kappa shape index (κ2) is 9.04. The lowest BCUT2D eigenvalue weighted by molar-refractivity contribution is -0.117. The summed E-state index contributed by atoms with van der Waals surface area (Å²) >= 11 is 5.83. The number of hydrogen-bond donors (Lipinski definition) is 1. The number of sulfonamides is 1. The first-order valence-corrected chi connectivity index (χ1v) is 11.0. The van der Waals surface area contributed by atoms with Crippen LogP contribution in [0.5, 0.6) is 0 Å². The van der Waals surface area contributed by atoms with Gasteiger partial charge >= 0.3 is 0 Å². The summed E-state index contributed by atoms with van der Waals surface area (Å²) in [6, 6.07) is 12.9. The zero-order valence-electron chi connectivity index (χ0n) is 16.0. The number of para-hydroxylation sites is 1. The van der Waals surface area contributed by atoms with Gasteiger partial charge < -0.3 is 5.32 Å². The summed E-state index contributed by atoms with van der Waals surface area (Å²) in [4.78, 5) is 26.1. The first-order chi connectivity index (χ1) is 13.8. The minimum Gasteiger partial charge on any atom is -0.324 e. The molecule has 0 aliphatic carbocycles. The number of carbonyl (C=O) groups excluding carboxylic acids is 2. The number of piperazine rings is 1. The van der Waals surface area contributed by atoms with Crippen LogP contribution in [0.15, 0.2) is 53.4 Å². The summed E-state index contributed by atoms with van der Waals surface area (Å²) in [7, 11) is -3.58. The maximum atomic E-state index is 12.7. The second-order valence-electron chi connectivity index (χ2n) is 6.78. The van der Waals surface area contributed by atoms with E-state index in [1.165, 1.54) is 23.4 Å². The van der Waals surface area contributed by atoms with Crippen molar-refractivity contribution in [2.75, 3.05) is 38.0 Å². The molecule has 2 aromatic rings. The number of amides is 1. The molecule has 1 fully saturated rings. The smallest absolute Gasteiger partial charge is 0.243 e. The van der Waals surface area contributed by atoms with Crippen LogP contribution in [0.4, 0.5) is 5.69 Å². The second-order valence-corrected chi connectivity index (χ2v) is 9.16. The normalized spacial score (nSPS) is 15.8. The molecule has 0 aromatic heterocycles. The van der Waals surface area contributed by atoms with Gasteiger partial charge in [-0.1, -0.05) is 23.7 Å². The summed E-state index contributed by atoms with van der Waals surface area (Å²) in [5.74, 6) is -0.366. The van der Waals surface area contributed by atoms with Crippen molar-refractivity contribution in [3.63, 3.8) is 0 Å². The molecule has 0 unspecified atom stereocenters. The van der Waals surface area contributed by atoms with Crippen molar-refractivity contribution >= 4 is 39.0 Å². The topological polar surface area (TPSA) is 86.8 Å². The summed E-state index contributed by atoms with van der Waals surface area (Å²) < 4.78 is 26.9. The summed E-state index contributed by atoms with van der Waals surface area (Å²) in [6.07, 6.45) is 0. The van der Waals surface area contributed by atoms with Crippen LogP contribution in [0.25, 0.3) is 0 Å². The Balaban J connectivity index is 1.57. The molecule has 1 amide bonds. The molecular formula is C20H22ClN3O4S. The van der Waals surface area contributed by atoms with Crippen molar-refractivity contribution in [1.82, 2.24) is 9.21 Å². The lowest BCUT2D eigenvalue weighted by atomic mass is 10.1. The maximum Gasteiger partial charge on any atom is 0.243 e.